The average molecular weight is 323 g/mol. The summed E-state index contributed by atoms with van der Waals surface area (Å²) in [6, 6.07) is 5.29. The molecule has 3 amide bonds. The molecule has 2 rings (SSSR count). The van der Waals surface area contributed by atoms with Crippen molar-refractivity contribution >= 4 is 23.7 Å². The smallest absolute Gasteiger partial charge is 0.318 e. The molecule has 9 heteroatoms. The molecule has 1 heterocycles. The third-order valence-electron chi connectivity index (χ3n) is 2.85. The second-order valence-electron chi connectivity index (χ2n) is 4.46. The number of carbonyl (C=O) groups excluding carboxylic acids is 2. The van der Waals surface area contributed by atoms with Gasteiger partial charge in [0, 0.05) is 7.05 Å². The lowest BCUT2D eigenvalue weighted by molar-refractivity contribution is -0.119. The summed E-state index contributed by atoms with van der Waals surface area (Å²) < 4.78 is 15.4. The number of benzene rings is 1. The molecule has 7 nitrogen and oxygen atoms in total. The standard InChI is InChI=1S/C13H14FN5O2S/c1-7(11(20)16-12(15)21)22-13-18-17-10(19(13)2)8-5-3-4-6-9(8)14/h3-7H,1-2H3,(H3,15,16,20,21). The van der Waals surface area contributed by atoms with E-state index in [0.717, 1.165) is 11.8 Å². The Morgan fingerprint density at radius 2 is 2.05 bits per heavy atom. The molecular weight excluding hydrogens is 309 g/mol. The van der Waals surface area contributed by atoms with Gasteiger partial charge in [-0.2, -0.15) is 0 Å². The molecule has 0 aliphatic heterocycles. The van der Waals surface area contributed by atoms with Crippen LogP contribution in [0.25, 0.3) is 11.4 Å². The number of rotatable bonds is 4. The van der Waals surface area contributed by atoms with Crippen LogP contribution in [0.3, 0.4) is 0 Å². The van der Waals surface area contributed by atoms with Gasteiger partial charge in [0.25, 0.3) is 0 Å². The van der Waals surface area contributed by atoms with Crippen molar-refractivity contribution in [1.82, 2.24) is 20.1 Å². The monoisotopic (exact) mass is 323 g/mol. The van der Waals surface area contributed by atoms with E-state index < -0.39 is 23.0 Å². The maximum atomic E-state index is 13.8. The number of urea groups is 1. The number of nitrogens with two attached hydrogens (primary N) is 1. The Hall–Kier alpha value is -2.42. The van der Waals surface area contributed by atoms with E-state index in [2.05, 4.69) is 10.2 Å². The average Bonchev–Trinajstić information content (AvgIpc) is 2.80. The number of primary amides is 1. The van der Waals surface area contributed by atoms with Crippen molar-refractivity contribution in [2.24, 2.45) is 12.8 Å². The van der Waals surface area contributed by atoms with Crippen LogP contribution in [0.1, 0.15) is 6.92 Å². The third kappa shape index (κ3) is 3.42. The molecule has 0 saturated heterocycles. The Labute approximate surface area is 130 Å². The lowest BCUT2D eigenvalue weighted by Gasteiger charge is -2.09. The summed E-state index contributed by atoms with van der Waals surface area (Å²) in [6.45, 7) is 1.60. The summed E-state index contributed by atoms with van der Waals surface area (Å²) >= 11 is 1.09. The SMILES string of the molecule is CC(Sc1nnc(-c2ccccc2F)n1C)C(=O)NC(N)=O. The van der Waals surface area contributed by atoms with E-state index in [0.29, 0.717) is 16.5 Å². The molecule has 2 aromatic rings. The molecule has 0 spiro atoms. The summed E-state index contributed by atoms with van der Waals surface area (Å²) in [5, 5.41) is 9.70. The number of carbonyl (C=O) groups is 2. The third-order valence-corrected chi connectivity index (χ3v) is 3.98. The predicted octanol–water partition coefficient (Wildman–Crippen LogP) is 1.30. The number of aromatic nitrogens is 3. The zero-order chi connectivity index (χ0) is 16.3. The van der Waals surface area contributed by atoms with E-state index in [4.69, 9.17) is 5.73 Å². The number of hydrogen-bond acceptors (Lipinski definition) is 5. The maximum absolute atomic E-state index is 13.8. The van der Waals surface area contributed by atoms with Gasteiger partial charge >= 0.3 is 6.03 Å². The van der Waals surface area contributed by atoms with Gasteiger partial charge in [-0.15, -0.1) is 10.2 Å². The number of thioether (sulfide) groups is 1. The molecule has 0 fully saturated rings. The van der Waals surface area contributed by atoms with Crippen LogP contribution >= 0.6 is 11.8 Å². The highest BCUT2D eigenvalue weighted by Crippen LogP contribution is 2.26. The van der Waals surface area contributed by atoms with Gasteiger partial charge in [-0.3, -0.25) is 10.1 Å². The lowest BCUT2D eigenvalue weighted by Crippen LogP contribution is -2.39. The quantitative estimate of drug-likeness (QED) is 0.826. The van der Waals surface area contributed by atoms with E-state index in [-0.39, 0.29) is 0 Å². The van der Waals surface area contributed by atoms with Gasteiger partial charge in [-0.25, -0.2) is 9.18 Å². The van der Waals surface area contributed by atoms with Crippen molar-refractivity contribution in [2.45, 2.75) is 17.3 Å². The zero-order valence-electron chi connectivity index (χ0n) is 11.9. The van der Waals surface area contributed by atoms with E-state index in [1.165, 1.54) is 6.07 Å². The number of nitrogens with zero attached hydrogens (tertiary/aromatic N) is 3. The number of imide groups is 1. The fourth-order valence-electron chi connectivity index (χ4n) is 1.73. The Balaban J connectivity index is 2.20. The Morgan fingerprint density at radius 1 is 1.36 bits per heavy atom. The summed E-state index contributed by atoms with van der Waals surface area (Å²) in [6.07, 6.45) is 0. The first-order chi connectivity index (χ1) is 10.4. The summed E-state index contributed by atoms with van der Waals surface area (Å²) in [5.41, 5.74) is 5.21. The summed E-state index contributed by atoms with van der Waals surface area (Å²) in [7, 11) is 1.67. The van der Waals surface area contributed by atoms with Crippen molar-refractivity contribution < 1.29 is 14.0 Å². The van der Waals surface area contributed by atoms with Gasteiger partial charge in [0.15, 0.2) is 11.0 Å². The van der Waals surface area contributed by atoms with Crippen LogP contribution in [0.4, 0.5) is 9.18 Å². The molecule has 0 saturated carbocycles. The van der Waals surface area contributed by atoms with Crippen molar-refractivity contribution in [2.75, 3.05) is 0 Å². The molecule has 0 aliphatic rings. The second-order valence-corrected chi connectivity index (χ2v) is 5.77. The molecule has 0 bridgehead atoms. The first-order valence-corrected chi connectivity index (χ1v) is 7.19. The normalized spacial score (nSPS) is 12.0. The van der Waals surface area contributed by atoms with Crippen LogP contribution in [-0.4, -0.2) is 32.0 Å². The van der Waals surface area contributed by atoms with E-state index in [1.54, 1.807) is 36.7 Å². The van der Waals surface area contributed by atoms with Crippen LogP contribution in [0.2, 0.25) is 0 Å². The fraction of sp³-hybridized carbons (Fsp3) is 0.231. The van der Waals surface area contributed by atoms with Gasteiger partial charge < -0.3 is 10.3 Å². The van der Waals surface area contributed by atoms with E-state index in [1.807, 2.05) is 5.32 Å². The van der Waals surface area contributed by atoms with Crippen molar-refractivity contribution in [3.8, 4) is 11.4 Å². The molecule has 1 unspecified atom stereocenters. The molecule has 0 radical (unpaired) electrons. The zero-order valence-corrected chi connectivity index (χ0v) is 12.7. The molecule has 116 valence electrons. The van der Waals surface area contributed by atoms with Gasteiger partial charge in [0.05, 0.1) is 10.8 Å². The van der Waals surface area contributed by atoms with Crippen LogP contribution in [0.5, 0.6) is 0 Å². The number of nitrogens with one attached hydrogen (secondary N) is 1. The van der Waals surface area contributed by atoms with Gasteiger partial charge in [0.1, 0.15) is 5.82 Å². The largest absolute Gasteiger partial charge is 0.351 e. The topological polar surface area (TPSA) is 103 Å². The van der Waals surface area contributed by atoms with Gasteiger partial charge in [-0.1, -0.05) is 23.9 Å². The number of hydrogen-bond donors (Lipinski definition) is 2. The van der Waals surface area contributed by atoms with Crippen molar-refractivity contribution in [1.29, 1.82) is 0 Å². The van der Waals surface area contributed by atoms with Crippen LogP contribution < -0.4 is 11.1 Å². The minimum absolute atomic E-state index is 0.318. The van der Waals surface area contributed by atoms with Gasteiger partial charge in [-0.05, 0) is 19.1 Å². The summed E-state index contributed by atoms with van der Waals surface area (Å²) in [5.74, 6) is -0.592. The minimum atomic E-state index is -0.914. The van der Waals surface area contributed by atoms with Gasteiger partial charge in [0.2, 0.25) is 5.91 Å². The Kier molecular flexibility index (Phi) is 4.76. The highest BCUT2D eigenvalue weighted by molar-refractivity contribution is 8.00. The van der Waals surface area contributed by atoms with Crippen LogP contribution in [0, 0.1) is 5.82 Å². The maximum Gasteiger partial charge on any atom is 0.318 e. The lowest BCUT2D eigenvalue weighted by atomic mass is 10.2. The highest BCUT2D eigenvalue weighted by Gasteiger charge is 2.21. The first-order valence-electron chi connectivity index (χ1n) is 6.31. The van der Waals surface area contributed by atoms with Crippen LogP contribution in [-0.2, 0) is 11.8 Å². The summed E-state index contributed by atoms with van der Waals surface area (Å²) in [4.78, 5) is 22.3. The first kappa shape index (κ1) is 16.0. The minimum Gasteiger partial charge on any atom is -0.351 e. The fourth-order valence-corrected chi connectivity index (χ4v) is 2.54. The molecule has 3 N–H and O–H groups in total. The molecule has 22 heavy (non-hydrogen) atoms. The second kappa shape index (κ2) is 6.56. The molecular formula is C13H14FN5O2S. The number of halogens is 1. The van der Waals surface area contributed by atoms with Crippen molar-refractivity contribution in [3.05, 3.63) is 30.1 Å². The number of amides is 3. The highest BCUT2D eigenvalue weighted by atomic mass is 32.2. The molecule has 1 atom stereocenters. The van der Waals surface area contributed by atoms with Crippen LogP contribution in [0.15, 0.2) is 29.4 Å². The van der Waals surface area contributed by atoms with E-state index >= 15 is 0 Å². The molecule has 1 aromatic heterocycles. The Bertz CT molecular complexity index is 718. The predicted molar refractivity (Wildman–Crippen MR) is 79.4 cm³/mol. The van der Waals surface area contributed by atoms with Crippen molar-refractivity contribution in [3.63, 3.8) is 0 Å². The molecule has 1 aromatic carbocycles. The molecule has 0 aliphatic carbocycles. The Morgan fingerprint density at radius 3 is 2.68 bits per heavy atom. The van der Waals surface area contributed by atoms with E-state index in [9.17, 15) is 14.0 Å².